The normalized spacial score (nSPS) is 11.2. The van der Waals surface area contributed by atoms with Gasteiger partial charge in [0.25, 0.3) is 0 Å². The Morgan fingerprint density at radius 2 is 2.19 bits per heavy atom. The zero-order valence-electron chi connectivity index (χ0n) is 12.0. The molecule has 0 saturated carbocycles. The molecular formula is C14H14N4OS2. The van der Waals surface area contributed by atoms with E-state index in [0.29, 0.717) is 28.0 Å². The Labute approximate surface area is 131 Å². The molecule has 7 heteroatoms. The molecule has 0 radical (unpaired) electrons. The first-order valence-electron chi connectivity index (χ1n) is 6.33. The maximum atomic E-state index is 11.5. The maximum Gasteiger partial charge on any atom is 0.225 e. The summed E-state index contributed by atoms with van der Waals surface area (Å²) in [6.45, 7) is 5.88. The Morgan fingerprint density at radius 3 is 2.71 bits per heavy atom. The minimum Gasteiger partial charge on any atom is -0.289 e. The van der Waals surface area contributed by atoms with Crippen LogP contribution < -0.4 is 4.90 Å². The van der Waals surface area contributed by atoms with Crippen molar-refractivity contribution in [2.75, 3.05) is 11.4 Å². The molecule has 0 saturated heterocycles. The molecule has 0 bridgehead atoms. The fourth-order valence-electron chi connectivity index (χ4n) is 1.73. The maximum absolute atomic E-state index is 11.5. The quantitative estimate of drug-likeness (QED) is 0.811. The van der Waals surface area contributed by atoms with Crippen molar-refractivity contribution in [2.45, 2.75) is 20.8 Å². The first-order valence-corrected chi connectivity index (χ1v) is 8.09. The highest BCUT2D eigenvalue weighted by Gasteiger charge is 2.13. The molecule has 108 valence electrons. The average molecular weight is 318 g/mol. The van der Waals surface area contributed by atoms with Crippen LogP contribution in [0.5, 0.6) is 0 Å². The molecule has 0 fully saturated rings. The summed E-state index contributed by atoms with van der Waals surface area (Å²) in [7, 11) is 0. The SMILES string of the molecule is CCN(C(C)=O)c1nc(/C=C(\C#N)c2nc(C)cs2)cs1. The monoisotopic (exact) mass is 318 g/mol. The highest BCUT2D eigenvalue weighted by atomic mass is 32.1. The van der Waals surface area contributed by atoms with Crippen molar-refractivity contribution in [3.05, 3.63) is 27.2 Å². The van der Waals surface area contributed by atoms with Crippen molar-refractivity contribution < 1.29 is 4.79 Å². The van der Waals surface area contributed by atoms with Gasteiger partial charge in [0.1, 0.15) is 11.1 Å². The van der Waals surface area contributed by atoms with Crippen molar-refractivity contribution in [1.82, 2.24) is 9.97 Å². The van der Waals surface area contributed by atoms with E-state index in [-0.39, 0.29) is 5.91 Å². The summed E-state index contributed by atoms with van der Waals surface area (Å²) >= 11 is 2.82. The van der Waals surface area contributed by atoms with Crippen molar-refractivity contribution >= 4 is 45.4 Å². The van der Waals surface area contributed by atoms with E-state index in [9.17, 15) is 10.1 Å². The van der Waals surface area contributed by atoms with Gasteiger partial charge in [0, 0.05) is 29.9 Å². The molecule has 0 aliphatic heterocycles. The van der Waals surface area contributed by atoms with Crippen LogP contribution >= 0.6 is 22.7 Å². The second kappa shape index (κ2) is 6.61. The molecule has 2 aromatic heterocycles. The first kappa shape index (κ1) is 15.4. The summed E-state index contributed by atoms with van der Waals surface area (Å²) in [5.41, 5.74) is 2.04. The van der Waals surface area contributed by atoms with Crippen molar-refractivity contribution in [1.29, 1.82) is 5.26 Å². The van der Waals surface area contributed by atoms with Crippen molar-refractivity contribution in [3.8, 4) is 6.07 Å². The lowest BCUT2D eigenvalue weighted by Gasteiger charge is -2.14. The summed E-state index contributed by atoms with van der Waals surface area (Å²) < 4.78 is 0. The van der Waals surface area contributed by atoms with Crippen LogP contribution in [-0.2, 0) is 4.79 Å². The van der Waals surface area contributed by atoms with E-state index in [1.807, 2.05) is 24.6 Å². The number of nitriles is 1. The van der Waals surface area contributed by atoms with Crippen molar-refractivity contribution in [2.24, 2.45) is 0 Å². The molecule has 0 atom stereocenters. The third-order valence-electron chi connectivity index (χ3n) is 2.70. The van der Waals surface area contributed by atoms with E-state index in [1.54, 1.807) is 11.0 Å². The second-order valence-electron chi connectivity index (χ2n) is 4.28. The summed E-state index contributed by atoms with van der Waals surface area (Å²) in [6.07, 6.45) is 1.70. The molecule has 5 nitrogen and oxygen atoms in total. The zero-order valence-corrected chi connectivity index (χ0v) is 13.6. The Kier molecular flexibility index (Phi) is 4.83. The fourth-order valence-corrected chi connectivity index (χ4v) is 3.38. The fraction of sp³-hybridized carbons (Fsp3) is 0.286. The van der Waals surface area contributed by atoms with Gasteiger partial charge in [0.15, 0.2) is 5.13 Å². The number of hydrogen-bond donors (Lipinski definition) is 0. The van der Waals surface area contributed by atoms with Gasteiger partial charge in [-0.05, 0) is 19.9 Å². The number of aryl methyl sites for hydroxylation is 1. The number of hydrogen-bond acceptors (Lipinski definition) is 6. The Hall–Kier alpha value is -2.04. The standard InChI is InChI=1S/C14H14N4OS2/c1-4-18(10(3)19)14-17-12(8-21-14)5-11(6-15)13-16-9(2)7-20-13/h5,7-8H,4H2,1-3H3/b11-5+. The van der Waals surface area contributed by atoms with E-state index >= 15 is 0 Å². The summed E-state index contributed by atoms with van der Waals surface area (Å²) in [6, 6.07) is 2.15. The third kappa shape index (κ3) is 3.54. The number of anilines is 1. The third-order valence-corrected chi connectivity index (χ3v) is 4.57. The van der Waals surface area contributed by atoms with Gasteiger partial charge in [0.2, 0.25) is 5.91 Å². The number of amides is 1. The van der Waals surface area contributed by atoms with Crippen molar-refractivity contribution in [3.63, 3.8) is 0 Å². The number of rotatable bonds is 4. The predicted octanol–water partition coefficient (Wildman–Crippen LogP) is 3.35. The molecule has 0 spiro atoms. The van der Waals surface area contributed by atoms with Gasteiger partial charge in [-0.15, -0.1) is 22.7 Å². The van der Waals surface area contributed by atoms with E-state index in [0.717, 1.165) is 5.69 Å². The molecular weight excluding hydrogens is 304 g/mol. The highest BCUT2D eigenvalue weighted by Crippen LogP contribution is 2.25. The molecule has 0 aliphatic carbocycles. The minimum absolute atomic E-state index is 0.0431. The van der Waals surface area contributed by atoms with Gasteiger partial charge >= 0.3 is 0 Å². The van der Waals surface area contributed by atoms with Crippen LogP contribution in [0.3, 0.4) is 0 Å². The second-order valence-corrected chi connectivity index (χ2v) is 5.98. The van der Waals surface area contributed by atoms with Crippen LogP contribution in [0.15, 0.2) is 10.8 Å². The number of carbonyl (C=O) groups excluding carboxylic acids is 1. The molecule has 2 aromatic rings. The lowest BCUT2D eigenvalue weighted by molar-refractivity contribution is -0.116. The molecule has 0 unspecified atom stereocenters. The largest absolute Gasteiger partial charge is 0.289 e. The zero-order chi connectivity index (χ0) is 15.4. The number of nitrogens with zero attached hydrogens (tertiary/aromatic N) is 4. The van der Waals surface area contributed by atoms with Crippen LogP contribution in [-0.4, -0.2) is 22.4 Å². The van der Waals surface area contributed by atoms with Crippen LogP contribution in [0.1, 0.15) is 30.2 Å². The summed E-state index contributed by atoms with van der Waals surface area (Å²) in [5, 5.41) is 14.3. The van der Waals surface area contributed by atoms with Gasteiger partial charge < -0.3 is 0 Å². The Bertz CT molecular complexity index is 723. The average Bonchev–Trinajstić information content (AvgIpc) is 3.06. The molecule has 1 amide bonds. The lowest BCUT2D eigenvalue weighted by Crippen LogP contribution is -2.27. The number of thiazole rings is 2. The van der Waals surface area contributed by atoms with Gasteiger partial charge in [0.05, 0.1) is 11.3 Å². The molecule has 0 N–H and O–H groups in total. The lowest BCUT2D eigenvalue weighted by atomic mass is 10.2. The van der Waals surface area contributed by atoms with Crippen LogP contribution in [0, 0.1) is 18.3 Å². The van der Waals surface area contributed by atoms with E-state index in [2.05, 4.69) is 16.0 Å². The Morgan fingerprint density at radius 1 is 1.43 bits per heavy atom. The molecule has 0 aliphatic rings. The van der Waals surface area contributed by atoms with E-state index in [1.165, 1.54) is 29.6 Å². The van der Waals surface area contributed by atoms with E-state index < -0.39 is 0 Å². The van der Waals surface area contributed by atoms with E-state index in [4.69, 9.17) is 0 Å². The molecule has 2 heterocycles. The molecule has 21 heavy (non-hydrogen) atoms. The molecule has 2 rings (SSSR count). The van der Waals surface area contributed by atoms with Crippen LogP contribution in [0.2, 0.25) is 0 Å². The van der Waals surface area contributed by atoms with Crippen LogP contribution in [0.25, 0.3) is 11.6 Å². The number of carbonyl (C=O) groups is 1. The van der Waals surface area contributed by atoms with Gasteiger partial charge in [-0.25, -0.2) is 9.97 Å². The number of aromatic nitrogens is 2. The summed E-state index contributed by atoms with van der Waals surface area (Å²) in [5.74, 6) is -0.0431. The topological polar surface area (TPSA) is 69.9 Å². The number of allylic oxidation sites excluding steroid dienone is 1. The minimum atomic E-state index is -0.0431. The Balaban J connectivity index is 2.31. The van der Waals surface area contributed by atoms with Gasteiger partial charge in [-0.1, -0.05) is 0 Å². The summed E-state index contributed by atoms with van der Waals surface area (Å²) in [4.78, 5) is 21.8. The first-order chi connectivity index (χ1) is 10.0. The van der Waals surface area contributed by atoms with Gasteiger partial charge in [-0.2, -0.15) is 5.26 Å². The highest BCUT2D eigenvalue weighted by molar-refractivity contribution is 7.14. The van der Waals surface area contributed by atoms with Crippen LogP contribution in [0.4, 0.5) is 5.13 Å². The van der Waals surface area contributed by atoms with Gasteiger partial charge in [-0.3, -0.25) is 9.69 Å². The smallest absolute Gasteiger partial charge is 0.225 e. The molecule has 0 aromatic carbocycles. The predicted molar refractivity (Wildman–Crippen MR) is 86.2 cm³/mol.